The number of aliphatic hydroxyl groups is 1. The number of aromatic nitrogens is 1. The summed E-state index contributed by atoms with van der Waals surface area (Å²) < 4.78 is 0. The molecule has 14 heavy (non-hydrogen) atoms. The van der Waals surface area contributed by atoms with Crippen LogP contribution in [0.15, 0.2) is 18.3 Å². The first-order chi connectivity index (χ1) is 6.55. The Morgan fingerprint density at radius 3 is 3.00 bits per heavy atom. The van der Waals surface area contributed by atoms with Gasteiger partial charge in [0, 0.05) is 17.8 Å². The van der Waals surface area contributed by atoms with Gasteiger partial charge in [0.25, 0.3) is 0 Å². The Bertz CT molecular complexity index is 391. The molecule has 0 spiro atoms. The number of hydrogen-bond acceptors (Lipinski definition) is 3. The Balaban J connectivity index is 2.29. The summed E-state index contributed by atoms with van der Waals surface area (Å²) in [4.78, 5) is 15.0. The first kappa shape index (κ1) is 9.15. The molecule has 0 radical (unpaired) electrons. The highest BCUT2D eigenvalue weighted by Gasteiger charge is 2.59. The van der Waals surface area contributed by atoms with Crippen LogP contribution in [0.5, 0.6) is 0 Å². The van der Waals surface area contributed by atoms with Crippen LogP contribution in [-0.2, 0) is 4.79 Å². The zero-order valence-electron chi connectivity index (χ0n) is 7.90. The number of carbonyl (C=O) groups is 1. The molecule has 74 valence electrons. The Hall–Kier alpha value is -1.42. The SMILES string of the molecule is Cc1ncccc1C1CC1(O)C(N)=O. The van der Waals surface area contributed by atoms with Gasteiger partial charge in [-0.15, -0.1) is 0 Å². The van der Waals surface area contributed by atoms with Crippen molar-refractivity contribution in [3.8, 4) is 0 Å². The van der Waals surface area contributed by atoms with Gasteiger partial charge in [-0.2, -0.15) is 0 Å². The molecule has 1 fully saturated rings. The largest absolute Gasteiger partial charge is 0.379 e. The number of nitrogens with two attached hydrogens (primary N) is 1. The smallest absolute Gasteiger partial charge is 0.250 e. The molecule has 1 aliphatic carbocycles. The third-order valence-electron chi connectivity index (χ3n) is 2.78. The molecule has 1 heterocycles. The molecule has 4 nitrogen and oxygen atoms in total. The van der Waals surface area contributed by atoms with Gasteiger partial charge in [0.05, 0.1) is 0 Å². The van der Waals surface area contributed by atoms with Crippen molar-refractivity contribution in [3.63, 3.8) is 0 Å². The fourth-order valence-corrected chi connectivity index (χ4v) is 1.76. The standard InChI is InChI=1S/C10H12N2O2/c1-6-7(3-2-4-12-6)8-5-10(8,14)9(11)13/h2-4,8,14H,5H2,1H3,(H2,11,13). The van der Waals surface area contributed by atoms with Crippen LogP contribution in [0.1, 0.15) is 23.6 Å². The Labute approximate surface area is 81.8 Å². The average Bonchev–Trinajstić information content (AvgIpc) is 2.80. The summed E-state index contributed by atoms with van der Waals surface area (Å²) in [6, 6.07) is 3.66. The first-order valence-corrected chi connectivity index (χ1v) is 4.49. The van der Waals surface area contributed by atoms with Crippen molar-refractivity contribution < 1.29 is 9.90 Å². The zero-order valence-corrected chi connectivity index (χ0v) is 7.90. The van der Waals surface area contributed by atoms with Crippen LogP contribution in [0, 0.1) is 6.92 Å². The van der Waals surface area contributed by atoms with Crippen molar-refractivity contribution in [2.45, 2.75) is 24.9 Å². The number of pyridine rings is 1. The molecule has 2 rings (SSSR count). The minimum absolute atomic E-state index is 0.173. The van der Waals surface area contributed by atoms with E-state index in [0.29, 0.717) is 6.42 Å². The average molecular weight is 192 g/mol. The Kier molecular flexibility index (Phi) is 1.82. The van der Waals surface area contributed by atoms with Crippen molar-refractivity contribution in [2.24, 2.45) is 5.73 Å². The molecule has 0 aromatic carbocycles. The van der Waals surface area contributed by atoms with Crippen LogP contribution in [0.25, 0.3) is 0 Å². The predicted octanol–water partition coefficient (Wildman–Crippen LogP) is 0.0937. The number of hydrogen-bond donors (Lipinski definition) is 2. The van der Waals surface area contributed by atoms with Gasteiger partial charge < -0.3 is 10.8 Å². The van der Waals surface area contributed by atoms with Crippen LogP contribution in [0.3, 0.4) is 0 Å². The minimum Gasteiger partial charge on any atom is -0.379 e. The number of amides is 1. The van der Waals surface area contributed by atoms with Crippen LogP contribution < -0.4 is 5.73 Å². The van der Waals surface area contributed by atoms with Gasteiger partial charge in [-0.05, 0) is 25.0 Å². The summed E-state index contributed by atoms with van der Waals surface area (Å²) in [5, 5.41) is 9.74. The maximum absolute atomic E-state index is 10.9. The molecule has 0 saturated heterocycles. The normalized spacial score (nSPS) is 30.0. The summed E-state index contributed by atoms with van der Waals surface area (Å²) in [7, 11) is 0. The van der Waals surface area contributed by atoms with E-state index in [1.165, 1.54) is 0 Å². The quantitative estimate of drug-likeness (QED) is 0.697. The Morgan fingerprint density at radius 1 is 1.79 bits per heavy atom. The molecule has 0 bridgehead atoms. The monoisotopic (exact) mass is 192 g/mol. The number of rotatable bonds is 2. The third-order valence-corrected chi connectivity index (χ3v) is 2.78. The highest BCUT2D eigenvalue weighted by Crippen LogP contribution is 2.51. The number of aryl methyl sites for hydroxylation is 1. The molecular formula is C10H12N2O2. The van der Waals surface area contributed by atoms with E-state index in [-0.39, 0.29) is 5.92 Å². The van der Waals surface area contributed by atoms with E-state index in [4.69, 9.17) is 5.73 Å². The fraction of sp³-hybridized carbons (Fsp3) is 0.400. The van der Waals surface area contributed by atoms with Crippen LogP contribution in [0.4, 0.5) is 0 Å². The van der Waals surface area contributed by atoms with E-state index < -0.39 is 11.5 Å². The van der Waals surface area contributed by atoms with E-state index >= 15 is 0 Å². The molecule has 2 unspecified atom stereocenters. The van der Waals surface area contributed by atoms with Crippen LogP contribution in [-0.4, -0.2) is 21.6 Å². The summed E-state index contributed by atoms with van der Waals surface area (Å²) in [5.41, 5.74) is 5.51. The molecule has 1 amide bonds. The lowest BCUT2D eigenvalue weighted by Gasteiger charge is -2.07. The maximum atomic E-state index is 10.9. The van der Waals surface area contributed by atoms with Gasteiger partial charge in [0.2, 0.25) is 5.91 Å². The van der Waals surface area contributed by atoms with E-state index in [0.717, 1.165) is 11.3 Å². The van der Waals surface area contributed by atoms with Crippen molar-refractivity contribution in [1.82, 2.24) is 4.98 Å². The lowest BCUT2D eigenvalue weighted by atomic mass is 10.1. The molecule has 1 aliphatic rings. The zero-order chi connectivity index (χ0) is 10.3. The second-order valence-electron chi connectivity index (χ2n) is 3.72. The fourth-order valence-electron chi connectivity index (χ4n) is 1.76. The number of primary amides is 1. The molecular weight excluding hydrogens is 180 g/mol. The van der Waals surface area contributed by atoms with Gasteiger partial charge >= 0.3 is 0 Å². The van der Waals surface area contributed by atoms with Crippen LogP contribution >= 0.6 is 0 Å². The molecule has 1 saturated carbocycles. The van der Waals surface area contributed by atoms with E-state index in [2.05, 4.69) is 4.98 Å². The third kappa shape index (κ3) is 1.19. The topological polar surface area (TPSA) is 76.2 Å². The number of carbonyl (C=O) groups excluding carboxylic acids is 1. The van der Waals surface area contributed by atoms with Gasteiger partial charge in [0.15, 0.2) is 5.60 Å². The summed E-state index contributed by atoms with van der Waals surface area (Å²) in [5.74, 6) is -0.820. The summed E-state index contributed by atoms with van der Waals surface area (Å²) >= 11 is 0. The number of nitrogens with zero attached hydrogens (tertiary/aromatic N) is 1. The van der Waals surface area contributed by atoms with E-state index in [1.54, 1.807) is 12.3 Å². The van der Waals surface area contributed by atoms with Crippen molar-refractivity contribution >= 4 is 5.91 Å². The van der Waals surface area contributed by atoms with Crippen molar-refractivity contribution in [1.29, 1.82) is 0 Å². The first-order valence-electron chi connectivity index (χ1n) is 4.49. The molecule has 1 aromatic rings. The molecule has 2 atom stereocenters. The molecule has 3 N–H and O–H groups in total. The minimum atomic E-state index is -1.34. The maximum Gasteiger partial charge on any atom is 0.250 e. The van der Waals surface area contributed by atoms with E-state index in [1.807, 2.05) is 13.0 Å². The Morgan fingerprint density at radius 2 is 2.50 bits per heavy atom. The second-order valence-corrected chi connectivity index (χ2v) is 3.72. The van der Waals surface area contributed by atoms with Crippen molar-refractivity contribution in [2.75, 3.05) is 0 Å². The molecule has 1 aromatic heterocycles. The van der Waals surface area contributed by atoms with Gasteiger partial charge in [0.1, 0.15) is 0 Å². The van der Waals surface area contributed by atoms with Gasteiger partial charge in [-0.3, -0.25) is 9.78 Å². The molecule has 0 aliphatic heterocycles. The van der Waals surface area contributed by atoms with Gasteiger partial charge in [-0.25, -0.2) is 0 Å². The highest BCUT2D eigenvalue weighted by atomic mass is 16.3. The van der Waals surface area contributed by atoms with Gasteiger partial charge in [-0.1, -0.05) is 6.07 Å². The lowest BCUT2D eigenvalue weighted by Crippen LogP contribution is -2.31. The van der Waals surface area contributed by atoms with Crippen molar-refractivity contribution in [3.05, 3.63) is 29.6 Å². The summed E-state index contributed by atoms with van der Waals surface area (Å²) in [6.45, 7) is 1.86. The lowest BCUT2D eigenvalue weighted by molar-refractivity contribution is -0.128. The van der Waals surface area contributed by atoms with Crippen LogP contribution in [0.2, 0.25) is 0 Å². The summed E-state index contributed by atoms with van der Waals surface area (Å²) in [6.07, 6.45) is 2.10. The second kappa shape index (κ2) is 2.78. The molecule has 4 heteroatoms. The predicted molar refractivity (Wildman–Crippen MR) is 50.5 cm³/mol. The highest BCUT2D eigenvalue weighted by molar-refractivity contribution is 5.88. The van der Waals surface area contributed by atoms with E-state index in [9.17, 15) is 9.90 Å².